The van der Waals surface area contributed by atoms with Gasteiger partial charge in [-0.25, -0.2) is 9.59 Å². The largest absolute Gasteiger partial charge is 0.444 e. The van der Waals surface area contributed by atoms with E-state index < -0.39 is 23.4 Å². The van der Waals surface area contributed by atoms with Crippen molar-refractivity contribution < 1.29 is 47.5 Å². The van der Waals surface area contributed by atoms with Gasteiger partial charge >= 0.3 is 12.2 Å². The molecule has 0 radical (unpaired) electrons. The molecule has 0 aliphatic rings. The molecule has 0 unspecified atom stereocenters. The molecular weight excluding hydrogens is 672 g/mol. The molecule has 2 aromatic rings. The predicted molar refractivity (Wildman–Crippen MR) is 200 cm³/mol. The summed E-state index contributed by atoms with van der Waals surface area (Å²) in [6.07, 6.45) is 4.42. The van der Waals surface area contributed by atoms with Gasteiger partial charge in [0.05, 0.1) is 65.9 Å². The van der Waals surface area contributed by atoms with E-state index in [0.717, 1.165) is 11.1 Å². The first kappa shape index (κ1) is 45.6. The smallest absolute Gasteiger partial charge is 0.407 e. The van der Waals surface area contributed by atoms with Gasteiger partial charge in [0.15, 0.2) is 0 Å². The van der Waals surface area contributed by atoms with Crippen LogP contribution in [0.3, 0.4) is 0 Å². The van der Waals surface area contributed by atoms with Crippen molar-refractivity contribution >= 4 is 29.5 Å². The average Bonchev–Trinajstić information content (AvgIpc) is 3.06. The lowest BCUT2D eigenvalue weighted by molar-refractivity contribution is -0.117. The third-order valence-corrected chi connectivity index (χ3v) is 6.04. The molecule has 2 rings (SSSR count). The number of amides is 3. The Morgan fingerprint density at radius 1 is 0.615 bits per heavy atom. The van der Waals surface area contributed by atoms with Crippen molar-refractivity contribution in [3.8, 4) is 12.3 Å². The quantitative estimate of drug-likeness (QED) is 0.0768. The number of hydrogen-bond donors (Lipinski definition) is 4. The van der Waals surface area contributed by atoms with Gasteiger partial charge in [-0.2, -0.15) is 0 Å². The fourth-order valence-electron chi connectivity index (χ4n) is 3.72. The van der Waals surface area contributed by atoms with E-state index in [-0.39, 0.29) is 12.3 Å². The Kier molecular flexibility index (Phi) is 23.2. The highest BCUT2D eigenvalue weighted by atomic mass is 16.6. The molecule has 14 heteroatoms. The van der Waals surface area contributed by atoms with E-state index in [0.29, 0.717) is 90.5 Å². The number of carbonyl (C=O) groups excluding carboxylic acids is 3. The molecule has 0 aliphatic heterocycles. The van der Waals surface area contributed by atoms with Gasteiger partial charge in [0.2, 0.25) is 5.91 Å². The third kappa shape index (κ3) is 27.3. The van der Waals surface area contributed by atoms with Crippen molar-refractivity contribution in [2.75, 3.05) is 77.1 Å². The fourth-order valence-corrected chi connectivity index (χ4v) is 3.72. The molecule has 14 nitrogen and oxygen atoms in total. The van der Waals surface area contributed by atoms with E-state index in [1.807, 2.05) is 65.8 Å². The van der Waals surface area contributed by atoms with Crippen LogP contribution in [0, 0.1) is 12.3 Å². The number of anilines is 2. The molecule has 0 saturated carbocycles. The highest BCUT2D eigenvalue weighted by Gasteiger charge is 2.16. The number of terminal acetylenes is 1. The van der Waals surface area contributed by atoms with Gasteiger partial charge in [0.25, 0.3) is 0 Å². The second kappa shape index (κ2) is 26.4. The van der Waals surface area contributed by atoms with Crippen LogP contribution in [0.1, 0.15) is 59.1 Å². The fraction of sp³-hybridized carbons (Fsp3) is 0.553. The number of nitrogens with two attached hydrogens (primary N) is 1. The molecule has 0 bridgehead atoms. The van der Waals surface area contributed by atoms with E-state index in [4.69, 9.17) is 45.3 Å². The van der Waals surface area contributed by atoms with Crippen LogP contribution in [0.5, 0.6) is 0 Å². The number of benzene rings is 2. The lowest BCUT2D eigenvalue weighted by Gasteiger charge is -2.19. The van der Waals surface area contributed by atoms with Gasteiger partial charge in [-0.1, -0.05) is 30.2 Å². The number of ether oxygens (including phenoxy) is 7. The molecule has 0 spiro atoms. The molecule has 0 saturated heterocycles. The molecule has 3 amide bonds. The first-order valence-electron chi connectivity index (χ1n) is 17.2. The van der Waals surface area contributed by atoms with Gasteiger partial charge in [-0.05, 0) is 76.9 Å². The maximum Gasteiger partial charge on any atom is 0.407 e. The predicted octanol–water partition coefficient (Wildman–Crippen LogP) is 5.05. The molecule has 290 valence electrons. The van der Waals surface area contributed by atoms with Crippen molar-refractivity contribution in [1.82, 2.24) is 10.6 Å². The van der Waals surface area contributed by atoms with Crippen LogP contribution in [0.15, 0.2) is 48.5 Å². The minimum absolute atomic E-state index is 0.145. The summed E-state index contributed by atoms with van der Waals surface area (Å²) in [7, 11) is 0. The van der Waals surface area contributed by atoms with Crippen LogP contribution in [0.4, 0.5) is 21.0 Å². The van der Waals surface area contributed by atoms with E-state index in [9.17, 15) is 14.4 Å². The van der Waals surface area contributed by atoms with Crippen molar-refractivity contribution in [2.45, 2.75) is 72.3 Å². The van der Waals surface area contributed by atoms with Gasteiger partial charge in [0, 0.05) is 24.5 Å². The Hall–Kier alpha value is -4.39. The summed E-state index contributed by atoms with van der Waals surface area (Å²) in [5.41, 5.74) is 7.81. The van der Waals surface area contributed by atoms with Crippen LogP contribution < -0.4 is 21.7 Å². The number of alkyl carbamates (subject to hydrolysis) is 2. The Balaban J connectivity index is 0.000000701. The van der Waals surface area contributed by atoms with Crippen LogP contribution in [0.25, 0.3) is 0 Å². The lowest BCUT2D eigenvalue weighted by Crippen LogP contribution is -2.32. The second-order valence-corrected chi connectivity index (χ2v) is 13.2. The van der Waals surface area contributed by atoms with E-state index >= 15 is 0 Å². The first-order valence-corrected chi connectivity index (χ1v) is 17.2. The minimum atomic E-state index is -0.542. The maximum atomic E-state index is 12.1. The first-order chi connectivity index (χ1) is 24.7. The monoisotopic (exact) mass is 730 g/mol. The zero-order valence-electron chi connectivity index (χ0n) is 31.5. The van der Waals surface area contributed by atoms with Crippen LogP contribution in [0.2, 0.25) is 0 Å². The van der Waals surface area contributed by atoms with E-state index in [1.54, 1.807) is 24.3 Å². The minimum Gasteiger partial charge on any atom is -0.444 e. The topological polar surface area (TPSA) is 178 Å². The summed E-state index contributed by atoms with van der Waals surface area (Å²) in [4.78, 5) is 35.1. The zero-order valence-corrected chi connectivity index (χ0v) is 31.5. The van der Waals surface area contributed by atoms with Crippen LogP contribution >= 0.6 is 0 Å². The molecule has 0 heterocycles. The highest BCUT2D eigenvalue weighted by Crippen LogP contribution is 2.12. The Morgan fingerprint density at radius 3 is 1.40 bits per heavy atom. The number of nitrogens with one attached hydrogen (secondary N) is 3. The van der Waals surface area contributed by atoms with Gasteiger partial charge in [0.1, 0.15) is 17.8 Å². The number of nitrogen functional groups attached to an aromatic ring is 1. The summed E-state index contributed by atoms with van der Waals surface area (Å²) in [5.74, 6) is 2.24. The van der Waals surface area contributed by atoms with Crippen LogP contribution in [-0.2, 0) is 51.0 Å². The molecule has 0 aliphatic carbocycles. The normalized spacial score (nSPS) is 11.0. The molecule has 0 atom stereocenters. The summed E-state index contributed by atoms with van der Waals surface area (Å²) in [5, 5.41) is 8.18. The summed E-state index contributed by atoms with van der Waals surface area (Å²) in [6.45, 7) is 15.9. The SMILES string of the molecule is C#CCOCCOCCOCCOCCOCCC(=O)Nc1ccc(CNC(=O)OC(C)(C)C)cc1.CC(C)(C)OC(=O)NCc1ccc(N)cc1. The maximum absolute atomic E-state index is 12.1. The molecule has 0 aromatic heterocycles. The van der Waals surface area contributed by atoms with Gasteiger partial charge < -0.3 is 54.8 Å². The highest BCUT2D eigenvalue weighted by molar-refractivity contribution is 5.90. The zero-order chi connectivity index (χ0) is 38.7. The van der Waals surface area contributed by atoms with Crippen molar-refractivity contribution in [1.29, 1.82) is 0 Å². The standard InChI is InChI=1S/C26H40N2O8.C12H18N2O2/c1-5-11-31-13-15-33-17-19-35-20-18-34-16-14-32-12-10-24(29)28-23-8-6-22(7-9-23)21-27-25(30)36-26(2,3)4;1-12(2,3)16-11(15)14-8-9-4-6-10(13)7-5-9/h1,6-9H,10-21H2,2-4H3,(H,27,30)(H,28,29);4-7H,8,13H2,1-3H3,(H,14,15). The van der Waals surface area contributed by atoms with Crippen molar-refractivity contribution in [3.05, 3.63) is 59.7 Å². The third-order valence-electron chi connectivity index (χ3n) is 6.04. The summed E-state index contributed by atoms with van der Waals surface area (Å²) in [6, 6.07) is 14.5. The Bertz CT molecular complexity index is 1320. The van der Waals surface area contributed by atoms with Crippen molar-refractivity contribution in [2.24, 2.45) is 0 Å². The molecule has 0 fully saturated rings. The van der Waals surface area contributed by atoms with Crippen molar-refractivity contribution in [3.63, 3.8) is 0 Å². The molecule has 5 N–H and O–H groups in total. The Labute approximate surface area is 308 Å². The number of rotatable bonds is 21. The van der Waals surface area contributed by atoms with E-state index in [1.165, 1.54) is 0 Å². The second-order valence-electron chi connectivity index (χ2n) is 13.2. The number of hydrogen-bond acceptors (Lipinski definition) is 11. The van der Waals surface area contributed by atoms with E-state index in [2.05, 4.69) is 21.9 Å². The molecule has 52 heavy (non-hydrogen) atoms. The summed E-state index contributed by atoms with van der Waals surface area (Å²) >= 11 is 0. The molecule has 2 aromatic carbocycles. The van der Waals surface area contributed by atoms with Gasteiger partial charge in [-0.3, -0.25) is 4.79 Å². The number of carbonyl (C=O) groups is 3. The Morgan fingerprint density at radius 2 is 1.00 bits per heavy atom. The lowest BCUT2D eigenvalue weighted by atomic mass is 10.2. The van der Waals surface area contributed by atoms with Gasteiger partial charge in [-0.15, -0.1) is 6.42 Å². The van der Waals surface area contributed by atoms with Crippen LogP contribution in [-0.4, -0.2) is 95.4 Å². The summed E-state index contributed by atoms with van der Waals surface area (Å²) < 4.78 is 36.9. The molecular formula is C38H58N4O10. The average molecular weight is 731 g/mol.